The molecule has 1 aromatic rings. The Labute approximate surface area is 105 Å². The topological polar surface area (TPSA) is 53.5 Å². The molecular weight excluding hydrogens is 238 g/mol. The summed E-state index contributed by atoms with van der Waals surface area (Å²) < 4.78 is 0. The molecule has 0 unspecified atom stereocenters. The van der Waals surface area contributed by atoms with Crippen LogP contribution in [0.25, 0.3) is 0 Å². The van der Waals surface area contributed by atoms with Gasteiger partial charge < -0.3 is 5.32 Å². The number of hydrogen-bond donors (Lipinski definition) is 2. The zero-order valence-electron chi connectivity index (χ0n) is 9.37. The maximum Gasteiger partial charge on any atom is 0.324 e. The summed E-state index contributed by atoms with van der Waals surface area (Å²) in [6.07, 6.45) is 3.03. The lowest BCUT2D eigenvalue weighted by Gasteiger charge is -2.13. The minimum atomic E-state index is -0.257. The summed E-state index contributed by atoms with van der Waals surface area (Å²) in [5.41, 5.74) is 0.711. The highest BCUT2D eigenvalue weighted by atomic mass is 35.5. The number of urea groups is 1. The van der Waals surface area contributed by atoms with E-state index in [9.17, 15) is 4.79 Å². The summed E-state index contributed by atoms with van der Waals surface area (Å²) in [4.78, 5) is 15.9. The molecule has 0 saturated heterocycles. The van der Waals surface area contributed by atoms with Gasteiger partial charge in [-0.1, -0.05) is 11.6 Å². The second kappa shape index (κ2) is 5.68. The average molecular weight is 252 g/mol. The molecule has 0 saturated carbocycles. The molecule has 0 radical (unpaired) electrons. The van der Waals surface area contributed by atoms with E-state index in [1.807, 2.05) is 0 Å². The number of hydrogen-bond acceptors (Lipinski definition) is 2. The molecule has 0 spiro atoms. The number of carbonyl (C=O) groups excluding carboxylic acids is 1. The van der Waals surface area contributed by atoms with Gasteiger partial charge in [-0.2, -0.15) is 0 Å². The van der Waals surface area contributed by atoms with Gasteiger partial charge in [0.1, 0.15) is 5.84 Å². The fourth-order valence-electron chi connectivity index (χ4n) is 1.63. The minimum Gasteiger partial charge on any atom is -0.308 e. The Bertz CT molecular complexity index is 428. The van der Waals surface area contributed by atoms with Crippen LogP contribution in [0.2, 0.25) is 5.02 Å². The number of halogens is 1. The summed E-state index contributed by atoms with van der Waals surface area (Å²) in [7, 11) is 0. The number of anilines is 1. The van der Waals surface area contributed by atoms with Crippen LogP contribution in [0.15, 0.2) is 29.3 Å². The van der Waals surface area contributed by atoms with Gasteiger partial charge in [0, 0.05) is 23.7 Å². The van der Waals surface area contributed by atoms with Gasteiger partial charge in [-0.15, -0.1) is 0 Å². The highest BCUT2D eigenvalue weighted by Crippen LogP contribution is 2.13. The number of carbonyl (C=O) groups is 1. The van der Waals surface area contributed by atoms with Crippen molar-refractivity contribution in [3.05, 3.63) is 29.3 Å². The molecular formula is C12H14ClN3O. The van der Waals surface area contributed by atoms with Gasteiger partial charge in [0.25, 0.3) is 0 Å². The molecule has 2 rings (SSSR count). The molecule has 1 aromatic carbocycles. The van der Waals surface area contributed by atoms with Crippen LogP contribution in [0.3, 0.4) is 0 Å². The quantitative estimate of drug-likeness (QED) is 0.792. The van der Waals surface area contributed by atoms with E-state index < -0.39 is 0 Å². The van der Waals surface area contributed by atoms with Crippen LogP contribution in [-0.4, -0.2) is 18.4 Å². The van der Waals surface area contributed by atoms with E-state index in [2.05, 4.69) is 15.6 Å². The molecule has 2 N–H and O–H groups in total. The fraction of sp³-hybridized carbons (Fsp3) is 0.333. The Morgan fingerprint density at radius 3 is 2.59 bits per heavy atom. The zero-order chi connectivity index (χ0) is 12.1. The summed E-state index contributed by atoms with van der Waals surface area (Å²) in [5, 5.41) is 6.12. The molecule has 17 heavy (non-hydrogen) atoms. The second-order valence-corrected chi connectivity index (χ2v) is 4.31. The van der Waals surface area contributed by atoms with Gasteiger partial charge in [-0.3, -0.25) is 10.3 Å². The third-order valence-corrected chi connectivity index (χ3v) is 2.74. The Morgan fingerprint density at radius 2 is 1.94 bits per heavy atom. The van der Waals surface area contributed by atoms with Crippen LogP contribution in [-0.2, 0) is 0 Å². The average Bonchev–Trinajstić information content (AvgIpc) is 2.33. The molecule has 0 atom stereocenters. The monoisotopic (exact) mass is 251 g/mol. The number of nitrogens with zero attached hydrogens (tertiary/aromatic N) is 1. The van der Waals surface area contributed by atoms with Crippen molar-refractivity contribution in [2.45, 2.75) is 19.3 Å². The number of amidine groups is 1. The van der Waals surface area contributed by atoms with Crippen LogP contribution < -0.4 is 10.6 Å². The van der Waals surface area contributed by atoms with E-state index in [0.29, 0.717) is 10.7 Å². The molecule has 0 aliphatic carbocycles. The molecule has 90 valence electrons. The van der Waals surface area contributed by atoms with Crippen molar-refractivity contribution in [2.75, 3.05) is 11.9 Å². The van der Waals surface area contributed by atoms with E-state index in [0.717, 1.165) is 31.6 Å². The van der Waals surface area contributed by atoms with Crippen molar-refractivity contribution in [2.24, 2.45) is 4.99 Å². The van der Waals surface area contributed by atoms with Crippen LogP contribution in [0.1, 0.15) is 19.3 Å². The van der Waals surface area contributed by atoms with E-state index in [-0.39, 0.29) is 6.03 Å². The van der Waals surface area contributed by atoms with Crippen LogP contribution in [0.4, 0.5) is 10.5 Å². The first-order chi connectivity index (χ1) is 8.24. The van der Waals surface area contributed by atoms with Crippen molar-refractivity contribution >= 4 is 29.2 Å². The van der Waals surface area contributed by atoms with Crippen LogP contribution in [0.5, 0.6) is 0 Å². The van der Waals surface area contributed by atoms with Gasteiger partial charge in [-0.25, -0.2) is 4.79 Å². The summed E-state index contributed by atoms with van der Waals surface area (Å²) in [5.74, 6) is 0.766. The van der Waals surface area contributed by atoms with E-state index in [4.69, 9.17) is 11.6 Å². The Balaban J connectivity index is 1.88. The molecule has 0 fully saturated rings. The molecule has 2 amide bonds. The maximum absolute atomic E-state index is 11.6. The molecule has 5 heteroatoms. The zero-order valence-corrected chi connectivity index (χ0v) is 10.1. The lowest BCUT2D eigenvalue weighted by molar-refractivity contribution is 0.256. The number of rotatable bonds is 1. The molecule has 4 nitrogen and oxygen atoms in total. The van der Waals surface area contributed by atoms with Gasteiger partial charge in [-0.05, 0) is 37.1 Å². The number of nitrogens with one attached hydrogen (secondary N) is 2. The van der Waals surface area contributed by atoms with Gasteiger partial charge in [0.05, 0.1) is 0 Å². The second-order valence-electron chi connectivity index (χ2n) is 3.87. The third-order valence-electron chi connectivity index (χ3n) is 2.48. The first kappa shape index (κ1) is 11.9. The third kappa shape index (κ3) is 3.75. The predicted molar refractivity (Wildman–Crippen MR) is 69.8 cm³/mol. The Morgan fingerprint density at radius 1 is 1.18 bits per heavy atom. The maximum atomic E-state index is 11.6. The molecule has 1 aliphatic heterocycles. The van der Waals surface area contributed by atoms with Crippen LogP contribution in [0, 0.1) is 0 Å². The first-order valence-electron chi connectivity index (χ1n) is 5.61. The largest absolute Gasteiger partial charge is 0.324 e. The number of benzene rings is 1. The molecule has 0 aromatic heterocycles. The van der Waals surface area contributed by atoms with Crippen molar-refractivity contribution in [3.8, 4) is 0 Å². The highest BCUT2D eigenvalue weighted by molar-refractivity contribution is 6.30. The van der Waals surface area contributed by atoms with Crippen LogP contribution >= 0.6 is 11.6 Å². The lowest BCUT2D eigenvalue weighted by atomic mass is 10.2. The van der Waals surface area contributed by atoms with Gasteiger partial charge in [0.2, 0.25) is 0 Å². The van der Waals surface area contributed by atoms with Crippen molar-refractivity contribution in [1.82, 2.24) is 5.32 Å². The molecule has 1 heterocycles. The number of aliphatic imine (C=N–C) groups is 1. The summed E-state index contributed by atoms with van der Waals surface area (Å²) >= 11 is 5.76. The molecule has 0 bridgehead atoms. The van der Waals surface area contributed by atoms with Crippen molar-refractivity contribution < 1.29 is 4.79 Å². The van der Waals surface area contributed by atoms with Crippen molar-refractivity contribution in [1.29, 1.82) is 0 Å². The SMILES string of the molecule is O=C(NC1=NCCCC1)Nc1ccc(Cl)cc1. The summed E-state index contributed by atoms with van der Waals surface area (Å²) in [6.45, 7) is 0.802. The highest BCUT2D eigenvalue weighted by Gasteiger charge is 2.08. The number of amides is 2. The van der Waals surface area contributed by atoms with E-state index in [1.165, 1.54) is 0 Å². The van der Waals surface area contributed by atoms with Crippen molar-refractivity contribution in [3.63, 3.8) is 0 Å². The molecule has 1 aliphatic rings. The minimum absolute atomic E-state index is 0.257. The predicted octanol–water partition coefficient (Wildman–Crippen LogP) is 3.04. The Hall–Kier alpha value is -1.55. The normalized spacial score (nSPS) is 15.0. The smallest absolute Gasteiger partial charge is 0.308 e. The van der Waals surface area contributed by atoms with Gasteiger partial charge >= 0.3 is 6.03 Å². The van der Waals surface area contributed by atoms with Gasteiger partial charge in [0.15, 0.2) is 0 Å². The standard InChI is InChI=1S/C12H14ClN3O/c13-9-4-6-10(7-5-9)15-12(17)16-11-3-1-2-8-14-11/h4-7H,1-3,8H2,(H2,14,15,16,17). The first-order valence-corrected chi connectivity index (χ1v) is 5.99. The summed E-state index contributed by atoms with van der Waals surface area (Å²) in [6, 6.07) is 6.72. The van der Waals surface area contributed by atoms with E-state index >= 15 is 0 Å². The van der Waals surface area contributed by atoms with E-state index in [1.54, 1.807) is 24.3 Å². The Kier molecular flexibility index (Phi) is 3.98. The fourth-order valence-corrected chi connectivity index (χ4v) is 1.75. The lowest BCUT2D eigenvalue weighted by Crippen LogP contribution is -2.35.